The molecule has 1 aliphatic heterocycles. The van der Waals surface area contributed by atoms with Crippen molar-refractivity contribution in [3.63, 3.8) is 0 Å². The van der Waals surface area contributed by atoms with Crippen molar-refractivity contribution in [2.24, 2.45) is 0 Å². The zero-order chi connectivity index (χ0) is 18.8. The van der Waals surface area contributed by atoms with E-state index in [9.17, 15) is 9.18 Å². The Morgan fingerprint density at radius 1 is 1.19 bits per heavy atom. The monoisotopic (exact) mass is 381 g/mol. The molecule has 1 aromatic heterocycles. The van der Waals surface area contributed by atoms with E-state index in [1.807, 2.05) is 37.3 Å². The second kappa shape index (κ2) is 7.56. The zero-order valence-electron chi connectivity index (χ0n) is 15.0. The number of benzene rings is 2. The van der Waals surface area contributed by atoms with Gasteiger partial charge < -0.3 is 5.32 Å². The molecule has 0 fully saturated rings. The third-order valence-corrected chi connectivity index (χ3v) is 5.76. The van der Waals surface area contributed by atoms with E-state index >= 15 is 0 Å². The molecule has 2 heterocycles. The number of rotatable bonds is 5. The lowest BCUT2D eigenvalue weighted by Gasteiger charge is -2.17. The predicted octanol–water partition coefficient (Wildman–Crippen LogP) is 4.89. The molecule has 4 rings (SSSR count). The molecule has 3 aromatic rings. The summed E-state index contributed by atoms with van der Waals surface area (Å²) in [5.41, 5.74) is 3.77. The highest BCUT2D eigenvalue weighted by Gasteiger charge is 2.27. The van der Waals surface area contributed by atoms with Crippen LogP contribution in [0.1, 0.15) is 36.1 Å². The molecule has 1 unspecified atom stereocenters. The number of carbonyl (C=O) groups excluding carboxylic acids is 1. The SMILES string of the molecule is CCC(C(=O)Nc1c2c(nn1-c1ccc(F)cc1)CSC2)c1ccccc1. The van der Waals surface area contributed by atoms with Crippen LogP contribution >= 0.6 is 11.8 Å². The molecule has 138 valence electrons. The van der Waals surface area contributed by atoms with E-state index in [-0.39, 0.29) is 17.6 Å². The van der Waals surface area contributed by atoms with Gasteiger partial charge in [-0.25, -0.2) is 9.07 Å². The molecular weight excluding hydrogens is 361 g/mol. The van der Waals surface area contributed by atoms with Gasteiger partial charge in [0.2, 0.25) is 5.91 Å². The van der Waals surface area contributed by atoms with Crippen molar-refractivity contribution in [2.75, 3.05) is 5.32 Å². The Labute approximate surface area is 161 Å². The van der Waals surface area contributed by atoms with Crippen molar-refractivity contribution in [1.82, 2.24) is 9.78 Å². The maximum Gasteiger partial charge on any atom is 0.233 e. The summed E-state index contributed by atoms with van der Waals surface area (Å²) in [6.07, 6.45) is 0.706. The van der Waals surface area contributed by atoms with Gasteiger partial charge in [0.15, 0.2) is 0 Å². The van der Waals surface area contributed by atoms with Gasteiger partial charge in [-0.2, -0.15) is 16.9 Å². The van der Waals surface area contributed by atoms with Crippen molar-refractivity contribution in [3.05, 3.63) is 77.2 Å². The van der Waals surface area contributed by atoms with Crippen molar-refractivity contribution >= 4 is 23.5 Å². The largest absolute Gasteiger partial charge is 0.310 e. The van der Waals surface area contributed by atoms with Gasteiger partial charge in [0, 0.05) is 17.1 Å². The third-order valence-electron chi connectivity index (χ3n) is 4.79. The van der Waals surface area contributed by atoms with Crippen molar-refractivity contribution in [2.45, 2.75) is 30.8 Å². The first kappa shape index (κ1) is 17.8. The number of nitrogens with one attached hydrogen (secondary N) is 1. The summed E-state index contributed by atoms with van der Waals surface area (Å²) in [6.45, 7) is 2.01. The van der Waals surface area contributed by atoms with Crippen LogP contribution < -0.4 is 5.32 Å². The molecule has 0 saturated heterocycles. The van der Waals surface area contributed by atoms with Gasteiger partial charge in [0.25, 0.3) is 0 Å². The molecule has 6 heteroatoms. The highest BCUT2D eigenvalue weighted by atomic mass is 32.2. The Kier molecular flexibility index (Phi) is 4.99. The summed E-state index contributed by atoms with van der Waals surface area (Å²) in [5.74, 6) is 1.76. The molecule has 0 bridgehead atoms. The third kappa shape index (κ3) is 3.49. The van der Waals surface area contributed by atoms with Crippen LogP contribution in [0.5, 0.6) is 0 Å². The first-order valence-corrected chi connectivity index (χ1v) is 10.1. The summed E-state index contributed by atoms with van der Waals surface area (Å²) in [6, 6.07) is 16.0. The summed E-state index contributed by atoms with van der Waals surface area (Å²) < 4.78 is 15.0. The van der Waals surface area contributed by atoms with Crippen LogP contribution in [0.15, 0.2) is 54.6 Å². The molecule has 0 radical (unpaired) electrons. The van der Waals surface area contributed by atoms with Crippen LogP contribution in [0.25, 0.3) is 5.69 Å². The normalized spacial score (nSPS) is 14.0. The average Bonchev–Trinajstić information content (AvgIpc) is 3.27. The number of aromatic nitrogens is 2. The summed E-state index contributed by atoms with van der Waals surface area (Å²) in [7, 11) is 0. The van der Waals surface area contributed by atoms with E-state index in [1.165, 1.54) is 12.1 Å². The Hall–Kier alpha value is -2.60. The van der Waals surface area contributed by atoms with Gasteiger partial charge in [-0.1, -0.05) is 37.3 Å². The van der Waals surface area contributed by atoms with E-state index in [0.717, 1.165) is 34.0 Å². The molecule has 4 nitrogen and oxygen atoms in total. The van der Waals surface area contributed by atoms with Crippen LogP contribution in [0.3, 0.4) is 0 Å². The number of hydrogen-bond donors (Lipinski definition) is 1. The van der Waals surface area contributed by atoms with E-state index in [4.69, 9.17) is 0 Å². The maximum absolute atomic E-state index is 13.3. The van der Waals surface area contributed by atoms with E-state index < -0.39 is 0 Å². The first-order chi connectivity index (χ1) is 13.2. The molecular formula is C21H20FN3OS. The van der Waals surface area contributed by atoms with Crippen molar-refractivity contribution < 1.29 is 9.18 Å². The lowest BCUT2D eigenvalue weighted by Crippen LogP contribution is -2.23. The number of fused-ring (bicyclic) bond motifs is 1. The number of amides is 1. The van der Waals surface area contributed by atoms with Crippen LogP contribution in [-0.4, -0.2) is 15.7 Å². The minimum Gasteiger partial charge on any atom is -0.310 e. The lowest BCUT2D eigenvalue weighted by molar-refractivity contribution is -0.117. The quantitative estimate of drug-likeness (QED) is 0.684. The highest BCUT2D eigenvalue weighted by molar-refractivity contribution is 7.98. The lowest BCUT2D eigenvalue weighted by atomic mass is 9.95. The van der Waals surface area contributed by atoms with Crippen LogP contribution in [-0.2, 0) is 16.3 Å². The Morgan fingerprint density at radius 3 is 2.63 bits per heavy atom. The standard InChI is InChI=1S/C21H20FN3OS/c1-2-17(14-6-4-3-5-7-14)21(26)23-20-18-12-27-13-19(18)24-25(20)16-10-8-15(22)9-11-16/h3-11,17H,2,12-13H2,1H3,(H,23,26). The second-order valence-corrected chi connectivity index (χ2v) is 7.50. The number of halogens is 1. The molecule has 0 spiro atoms. The molecule has 1 amide bonds. The van der Waals surface area contributed by atoms with Crippen LogP contribution in [0.4, 0.5) is 10.2 Å². The number of hydrogen-bond acceptors (Lipinski definition) is 3. The Morgan fingerprint density at radius 2 is 1.93 bits per heavy atom. The maximum atomic E-state index is 13.3. The smallest absolute Gasteiger partial charge is 0.233 e. The van der Waals surface area contributed by atoms with Gasteiger partial charge in [-0.05, 0) is 36.2 Å². The molecule has 1 atom stereocenters. The van der Waals surface area contributed by atoms with E-state index in [2.05, 4.69) is 10.4 Å². The summed E-state index contributed by atoms with van der Waals surface area (Å²) >= 11 is 1.78. The minimum absolute atomic E-state index is 0.0494. The molecule has 1 aliphatic rings. The fraction of sp³-hybridized carbons (Fsp3) is 0.238. The van der Waals surface area contributed by atoms with E-state index in [1.54, 1.807) is 28.6 Å². The number of carbonyl (C=O) groups is 1. The van der Waals surface area contributed by atoms with E-state index in [0.29, 0.717) is 12.2 Å². The zero-order valence-corrected chi connectivity index (χ0v) is 15.8. The number of nitrogens with zero attached hydrogens (tertiary/aromatic N) is 2. The van der Waals surface area contributed by atoms with Gasteiger partial charge in [0.1, 0.15) is 11.6 Å². The van der Waals surface area contributed by atoms with Crippen molar-refractivity contribution in [1.29, 1.82) is 0 Å². The molecule has 0 aliphatic carbocycles. The summed E-state index contributed by atoms with van der Waals surface area (Å²) in [5, 5.41) is 7.77. The van der Waals surface area contributed by atoms with Crippen LogP contribution in [0, 0.1) is 5.82 Å². The Balaban J connectivity index is 1.69. The average molecular weight is 381 g/mol. The highest BCUT2D eigenvalue weighted by Crippen LogP contribution is 2.36. The Bertz CT molecular complexity index is 954. The van der Waals surface area contributed by atoms with Gasteiger partial charge in [-0.3, -0.25) is 4.79 Å². The van der Waals surface area contributed by atoms with Crippen LogP contribution in [0.2, 0.25) is 0 Å². The number of anilines is 1. The second-order valence-electron chi connectivity index (χ2n) is 6.52. The van der Waals surface area contributed by atoms with Gasteiger partial charge in [0.05, 0.1) is 17.3 Å². The fourth-order valence-corrected chi connectivity index (χ4v) is 4.41. The molecule has 0 saturated carbocycles. The molecule has 2 aromatic carbocycles. The van der Waals surface area contributed by atoms with Gasteiger partial charge in [-0.15, -0.1) is 0 Å². The molecule has 1 N–H and O–H groups in total. The topological polar surface area (TPSA) is 46.9 Å². The minimum atomic E-state index is -0.297. The summed E-state index contributed by atoms with van der Waals surface area (Å²) in [4.78, 5) is 13.1. The number of thioether (sulfide) groups is 1. The fourth-order valence-electron chi connectivity index (χ4n) is 3.37. The predicted molar refractivity (Wildman–Crippen MR) is 107 cm³/mol. The van der Waals surface area contributed by atoms with Crippen molar-refractivity contribution in [3.8, 4) is 5.69 Å². The molecule has 27 heavy (non-hydrogen) atoms. The van der Waals surface area contributed by atoms with Gasteiger partial charge >= 0.3 is 0 Å². The first-order valence-electron chi connectivity index (χ1n) is 8.97.